The summed E-state index contributed by atoms with van der Waals surface area (Å²) in [4.78, 5) is 29.0. The number of ether oxygens (including phenoxy) is 1. The predicted octanol–water partition coefficient (Wildman–Crippen LogP) is 2.66. The second-order valence-electron chi connectivity index (χ2n) is 7.77. The smallest absolute Gasteiger partial charge is 0.303 e. The van der Waals surface area contributed by atoms with Crippen LogP contribution in [-0.2, 0) is 16.1 Å². The number of rotatable bonds is 8. The van der Waals surface area contributed by atoms with Gasteiger partial charge in [0, 0.05) is 49.7 Å². The molecule has 9 heteroatoms. The number of H-pyrrole nitrogens is 1. The fourth-order valence-electron chi connectivity index (χ4n) is 3.89. The maximum Gasteiger partial charge on any atom is 0.303 e. The van der Waals surface area contributed by atoms with Crippen molar-refractivity contribution in [3.8, 4) is 11.3 Å². The first-order valence-electron chi connectivity index (χ1n) is 10.7. The van der Waals surface area contributed by atoms with Gasteiger partial charge >= 0.3 is 5.97 Å². The van der Waals surface area contributed by atoms with Crippen LogP contribution in [0.1, 0.15) is 32.1 Å². The molecule has 0 spiro atoms. The van der Waals surface area contributed by atoms with E-state index in [0.717, 1.165) is 55.9 Å². The first kappa shape index (κ1) is 21.0. The van der Waals surface area contributed by atoms with Crippen LogP contribution >= 0.6 is 0 Å². The summed E-state index contributed by atoms with van der Waals surface area (Å²) >= 11 is 0. The number of anilines is 1. The Morgan fingerprint density at radius 1 is 1.19 bits per heavy atom. The van der Waals surface area contributed by atoms with E-state index < -0.39 is 5.97 Å². The first-order chi connectivity index (χ1) is 15.1. The summed E-state index contributed by atoms with van der Waals surface area (Å²) in [7, 11) is 0. The van der Waals surface area contributed by atoms with Gasteiger partial charge in [0.05, 0.1) is 18.3 Å². The van der Waals surface area contributed by atoms with Gasteiger partial charge in [-0.25, -0.2) is 0 Å². The second-order valence-corrected chi connectivity index (χ2v) is 7.77. The molecule has 3 heterocycles. The van der Waals surface area contributed by atoms with Crippen LogP contribution in [0, 0.1) is 0 Å². The molecule has 0 bridgehead atoms. The molecule has 1 aliphatic rings. The van der Waals surface area contributed by atoms with E-state index in [0.29, 0.717) is 30.7 Å². The van der Waals surface area contributed by atoms with Crippen LogP contribution in [0.4, 0.5) is 5.82 Å². The van der Waals surface area contributed by atoms with Gasteiger partial charge in [0.1, 0.15) is 11.5 Å². The fourth-order valence-corrected chi connectivity index (χ4v) is 3.89. The van der Waals surface area contributed by atoms with Crippen molar-refractivity contribution < 1.29 is 14.6 Å². The summed E-state index contributed by atoms with van der Waals surface area (Å²) in [6.45, 7) is 3.62. The molecule has 31 heavy (non-hydrogen) atoms. The third-order valence-corrected chi connectivity index (χ3v) is 5.51. The van der Waals surface area contributed by atoms with E-state index in [1.54, 1.807) is 10.7 Å². The predicted molar refractivity (Wildman–Crippen MR) is 117 cm³/mol. The Kier molecular flexibility index (Phi) is 6.61. The molecule has 0 saturated carbocycles. The van der Waals surface area contributed by atoms with Crippen LogP contribution in [0.25, 0.3) is 22.2 Å². The van der Waals surface area contributed by atoms with Gasteiger partial charge in [0.2, 0.25) is 0 Å². The third kappa shape index (κ3) is 5.11. The van der Waals surface area contributed by atoms with E-state index in [2.05, 4.69) is 20.2 Å². The minimum absolute atomic E-state index is 0.0263. The number of fused-ring (bicyclic) bond motifs is 1. The van der Waals surface area contributed by atoms with E-state index in [1.807, 2.05) is 24.4 Å². The Labute approximate surface area is 179 Å². The summed E-state index contributed by atoms with van der Waals surface area (Å²) in [5.41, 5.74) is 2.26. The molecular weight excluding hydrogens is 398 g/mol. The van der Waals surface area contributed by atoms with Crippen LogP contribution < -0.4 is 10.3 Å². The molecular formula is C22H27N5O4. The van der Waals surface area contributed by atoms with E-state index in [-0.39, 0.29) is 11.8 Å². The van der Waals surface area contributed by atoms with Crippen molar-refractivity contribution in [2.45, 2.75) is 38.6 Å². The summed E-state index contributed by atoms with van der Waals surface area (Å²) < 4.78 is 7.30. The van der Waals surface area contributed by atoms with Gasteiger partial charge in [-0.3, -0.25) is 14.3 Å². The summed E-state index contributed by atoms with van der Waals surface area (Å²) in [5.74, 6) is 0.0290. The Hall–Kier alpha value is -3.20. The van der Waals surface area contributed by atoms with Crippen molar-refractivity contribution in [1.82, 2.24) is 20.0 Å². The number of para-hydroxylation sites is 1. The van der Waals surface area contributed by atoms with Crippen molar-refractivity contribution in [3.05, 3.63) is 40.7 Å². The monoisotopic (exact) mass is 425 g/mol. The Bertz CT molecular complexity index is 1100. The van der Waals surface area contributed by atoms with Crippen LogP contribution in [0.15, 0.2) is 35.3 Å². The molecule has 164 valence electrons. The summed E-state index contributed by atoms with van der Waals surface area (Å²) in [5, 5.41) is 17.9. The highest BCUT2D eigenvalue weighted by molar-refractivity contribution is 5.93. The van der Waals surface area contributed by atoms with Crippen molar-refractivity contribution in [1.29, 1.82) is 0 Å². The average molecular weight is 425 g/mol. The quantitative estimate of drug-likeness (QED) is 0.533. The number of hydrogen-bond donors (Lipinski definition) is 2. The molecule has 0 amide bonds. The average Bonchev–Trinajstić information content (AvgIpc) is 3.05. The van der Waals surface area contributed by atoms with E-state index >= 15 is 0 Å². The van der Waals surface area contributed by atoms with Crippen molar-refractivity contribution >= 4 is 22.7 Å². The topological polar surface area (TPSA) is 113 Å². The van der Waals surface area contributed by atoms with Crippen LogP contribution in [0.3, 0.4) is 0 Å². The Balaban J connectivity index is 1.57. The van der Waals surface area contributed by atoms with Gasteiger partial charge in [-0.15, -0.1) is 5.10 Å². The van der Waals surface area contributed by atoms with Crippen molar-refractivity contribution in [2.24, 2.45) is 0 Å². The number of unbranched alkanes of at least 4 members (excludes halogenated alkanes) is 2. The molecule has 1 saturated heterocycles. The largest absolute Gasteiger partial charge is 0.481 e. The van der Waals surface area contributed by atoms with Gasteiger partial charge in [0.15, 0.2) is 5.43 Å². The molecule has 1 aliphatic heterocycles. The lowest BCUT2D eigenvalue weighted by atomic mass is 10.1. The number of nitrogens with zero attached hydrogens (tertiary/aromatic N) is 4. The van der Waals surface area contributed by atoms with Crippen LogP contribution in [0.5, 0.6) is 0 Å². The Morgan fingerprint density at radius 3 is 2.97 bits per heavy atom. The normalized spacial score (nSPS) is 14.6. The minimum atomic E-state index is -0.764. The number of nitrogens with one attached hydrogen (secondary N) is 1. The molecule has 2 N–H and O–H groups in total. The maximum atomic E-state index is 12.8. The van der Waals surface area contributed by atoms with Crippen molar-refractivity contribution in [2.75, 3.05) is 31.2 Å². The molecule has 9 nitrogen and oxygen atoms in total. The highest BCUT2D eigenvalue weighted by Crippen LogP contribution is 2.26. The van der Waals surface area contributed by atoms with Crippen LogP contribution in [-0.4, -0.2) is 57.4 Å². The van der Waals surface area contributed by atoms with Crippen molar-refractivity contribution in [3.63, 3.8) is 0 Å². The lowest BCUT2D eigenvalue weighted by Crippen LogP contribution is -2.28. The minimum Gasteiger partial charge on any atom is -0.481 e. The van der Waals surface area contributed by atoms with Gasteiger partial charge in [-0.05, 0) is 25.3 Å². The zero-order valence-electron chi connectivity index (χ0n) is 17.4. The first-order valence-corrected chi connectivity index (χ1v) is 10.7. The number of hydrogen-bond acceptors (Lipinski definition) is 6. The molecule has 0 radical (unpaired) electrons. The molecule has 2 aromatic heterocycles. The SMILES string of the molecule is O=C(O)CCCCCn1cc(-c2cccc3c(=O)cc(N4CCCOCC4)[nH]c23)nn1. The number of aliphatic carboxylic acids is 1. The third-order valence-electron chi connectivity index (χ3n) is 5.51. The number of pyridine rings is 1. The molecule has 0 aliphatic carbocycles. The summed E-state index contributed by atoms with van der Waals surface area (Å²) in [6, 6.07) is 7.28. The molecule has 1 aromatic carbocycles. The number of carbonyl (C=O) groups is 1. The van der Waals surface area contributed by atoms with Gasteiger partial charge in [-0.1, -0.05) is 23.8 Å². The number of aromatic amines is 1. The zero-order valence-corrected chi connectivity index (χ0v) is 17.4. The Morgan fingerprint density at radius 2 is 2.10 bits per heavy atom. The number of benzene rings is 1. The zero-order chi connectivity index (χ0) is 21.6. The lowest BCUT2D eigenvalue weighted by Gasteiger charge is -2.22. The standard InChI is InChI=1S/C22H27N5O4/c28-19-14-20(26-9-5-12-31-13-11-26)23-22-16(6-4-7-17(19)22)18-15-27(25-24-18)10-3-1-2-8-21(29)30/h4,6-7,14-15H,1-3,5,8-13H2,(H,23,28)(H,29,30). The van der Waals surface area contributed by atoms with E-state index in [1.165, 1.54) is 0 Å². The van der Waals surface area contributed by atoms with Crippen LogP contribution in [0.2, 0.25) is 0 Å². The molecule has 4 rings (SSSR count). The number of aryl methyl sites for hydroxylation is 1. The van der Waals surface area contributed by atoms with E-state index in [4.69, 9.17) is 9.84 Å². The maximum absolute atomic E-state index is 12.8. The number of carboxylic acid groups (broad SMARTS) is 1. The van der Waals surface area contributed by atoms with Gasteiger partial charge in [-0.2, -0.15) is 0 Å². The van der Waals surface area contributed by atoms with E-state index in [9.17, 15) is 9.59 Å². The van der Waals surface area contributed by atoms with Gasteiger partial charge in [0.25, 0.3) is 0 Å². The molecule has 0 unspecified atom stereocenters. The summed E-state index contributed by atoms with van der Waals surface area (Å²) in [6.07, 6.45) is 5.30. The highest BCUT2D eigenvalue weighted by atomic mass is 16.5. The molecule has 1 fully saturated rings. The van der Waals surface area contributed by atoms with Gasteiger partial charge < -0.3 is 19.7 Å². The number of carboxylic acids is 1. The fraction of sp³-hybridized carbons (Fsp3) is 0.455. The molecule has 3 aromatic rings. The number of aromatic nitrogens is 4. The second kappa shape index (κ2) is 9.74. The lowest BCUT2D eigenvalue weighted by molar-refractivity contribution is -0.137. The highest BCUT2D eigenvalue weighted by Gasteiger charge is 2.15. The molecule has 0 atom stereocenters.